The number of ether oxygens (including phenoxy) is 1. The van der Waals surface area contributed by atoms with Crippen molar-refractivity contribution < 1.29 is 9.53 Å². The van der Waals surface area contributed by atoms with E-state index in [-0.39, 0.29) is 5.91 Å². The molecule has 1 aromatic carbocycles. The Morgan fingerprint density at radius 1 is 1.21 bits per heavy atom. The van der Waals surface area contributed by atoms with E-state index in [0.717, 1.165) is 5.75 Å². The van der Waals surface area contributed by atoms with Gasteiger partial charge in [-0.25, -0.2) is 9.97 Å². The number of rotatable bonds is 6. The van der Waals surface area contributed by atoms with Crippen LogP contribution in [0.2, 0.25) is 0 Å². The molecule has 24 heavy (non-hydrogen) atoms. The summed E-state index contributed by atoms with van der Waals surface area (Å²) in [6.45, 7) is 2.53. The van der Waals surface area contributed by atoms with Crippen molar-refractivity contribution in [1.82, 2.24) is 9.97 Å². The van der Waals surface area contributed by atoms with E-state index in [1.807, 2.05) is 37.3 Å². The predicted octanol–water partition coefficient (Wildman–Crippen LogP) is 3.93. The van der Waals surface area contributed by atoms with E-state index in [9.17, 15) is 4.79 Å². The highest BCUT2D eigenvalue weighted by molar-refractivity contribution is 7.14. The Bertz CT molecular complexity index is 803. The number of thiazole rings is 1. The summed E-state index contributed by atoms with van der Waals surface area (Å²) in [5.74, 6) is 1.20. The number of nitrogens with one attached hydrogen (secondary N) is 2. The summed E-state index contributed by atoms with van der Waals surface area (Å²) in [6, 6.07) is 12.8. The molecule has 6 nitrogen and oxygen atoms in total. The van der Waals surface area contributed by atoms with Gasteiger partial charge in [0, 0.05) is 17.3 Å². The van der Waals surface area contributed by atoms with Crippen molar-refractivity contribution in [2.45, 2.75) is 6.92 Å². The summed E-state index contributed by atoms with van der Waals surface area (Å²) in [5, 5.41) is 8.20. The molecule has 0 bridgehead atoms. The molecule has 3 rings (SSSR count). The van der Waals surface area contributed by atoms with E-state index >= 15 is 0 Å². The average Bonchev–Trinajstić information content (AvgIpc) is 3.06. The quantitative estimate of drug-likeness (QED) is 0.711. The van der Waals surface area contributed by atoms with Gasteiger partial charge >= 0.3 is 0 Å². The Hall–Kier alpha value is -2.93. The van der Waals surface area contributed by atoms with Gasteiger partial charge in [0.1, 0.15) is 17.3 Å². The first-order valence-electron chi connectivity index (χ1n) is 7.42. The number of amides is 1. The van der Waals surface area contributed by atoms with E-state index < -0.39 is 0 Å². The Kier molecular flexibility index (Phi) is 5.02. The molecule has 0 aliphatic heterocycles. The fourth-order valence-electron chi connectivity index (χ4n) is 1.98. The van der Waals surface area contributed by atoms with E-state index in [1.54, 1.807) is 23.7 Å². The van der Waals surface area contributed by atoms with Crippen LogP contribution in [0, 0.1) is 0 Å². The summed E-state index contributed by atoms with van der Waals surface area (Å²) in [7, 11) is 0. The van der Waals surface area contributed by atoms with Crippen LogP contribution in [0.25, 0.3) is 0 Å². The highest BCUT2D eigenvalue weighted by Gasteiger charge is 2.11. The predicted molar refractivity (Wildman–Crippen MR) is 95.2 cm³/mol. The zero-order valence-corrected chi connectivity index (χ0v) is 13.8. The van der Waals surface area contributed by atoms with Crippen LogP contribution in [-0.2, 0) is 0 Å². The third-order valence-electron chi connectivity index (χ3n) is 3.06. The second-order valence-electron chi connectivity index (χ2n) is 4.79. The molecular weight excluding hydrogens is 324 g/mol. The molecule has 0 unspecified atom stereocenters. The number of nitrogens with zero attached hydrogens (tertiary/aromatic N) is 2. The SMILES string of the molecule is CCOc1ccc(NC(=O)c2csc(Nc3ccccn3)n2)cc1. The fraction of sp³-hybridized carbons (Fsp3) is 0.118. The monoisotopic (exact) mass is 340 g/mol. The number of hydrogen-bond donors (Lipinski definition) is 2. The largest absolute Gasteiger partial charge is 0.494 e. The molecule has 0 saturated heterocycles. The molecule has 0 radical (unpaired) electrons. The Morgan fingerprint density at radius 3 is 2.75 bits per heavy atom. The van der Waals surface area contributed by atoms with Crippen LogP contribution in [-0.4, -0.2) is 22.5 Å². The molecule has 7 heteroatoms. The second-order valence-corrected chi connectivity index (χ2v) is 5.65. The summed E-state index contributed by atoms with van der Waals surface area (Å²) >= 11 is 1.35. The minimum absolute atomic E-state index is 0.260. The first-order valence-corrected chi connectivity index (χ1v) is 8.30. The van der Waals surface area contributed by atoms with Gasteiger partial charge < -0.3 is 15.4 Å². The van der Waals surface area contributed by atoms with Gasteiger partial charge in [0.05, 0.1) is 6.61 Å². The van der Waals surface area contributed by atoms with Crippen LogP contribution in [0.1, 0.15) is 17.4 Å². The van der Waals surface area contributed by atoms with Crippen molar-refractivity contribution in [3.05, 3.63) is 59.7 Å². The first kappa shape index (κ1) is 15.9. The lowest BCUT2D eigenvalue weighted by atomic mass is 10.3. The third-order valence-corrected chi connectivity index (χ3v) is 3.82. The molecule has 2 aromatic heterocycles. The van der Waals surface area contributed by atoms with Crippen LogP contribution in [0.3, 0.4) is 0 Å². The van der Waals surface area contributed by atoms with Crippen molar-refractivity contribution >= 4 is 33.9 Å². The van der Waals surface area contributed by atoms with Crippen LogP contribution in [0.5, 0.6) is 5.75 Å². The second kappa shape index (κ2) is 7.56. The van der Waals surface area contributed by atoms with Gasteiger partial charge in [0.2, 0.25) is 0 Å². The fourth-order valence-corrected chi connectivity index (χ4v) is 2.68. The smallest absolute Gasteiger partial charge is 0.275 e. The molecule has 0 aliphatic carbocycles. The van der Waals surface area contributed by atoms with Crippen LogP contribution >= 0.6 is 11.3 Å². The van der Waals surface area contributed by atoms with Crippen molar-refractivity contribution in [2.75, 3.05) is 17.2 Å². The highest BCUT2D eigenvalue weighted by atomic mass is 32.1. The number of benzene rings is 1. The van der Waals surface area contributed by atoms with Gasteiger partial charge in [0.15, 0.2) is 5.13 Å². The van der Waals surface area contributed by atoms with Crippen molar-refractivity contribution in [3.8, 4) is 5.75 Å². The summed E-state index contributed by atoms with van der Waals surface area (Å²) in [6.07, 6.45) is 1.69. The van der Waals surface area contributed by atoms with Crippen LogP contribution < -0.4 is 15.4 Å². The van der Waals surface area contributed by atoms with E-state index in [4.69, 9.17) is 4.74 Å². The number of aromatic nitrogens is 2. The Morgan fingerprint density at radius 2 is 2.04 bits per heavy atom. The van der Waals surface area contributed by atoms with Gasteiger partial charge in [-0.2, -0.15) is 0 Å². The zero-order valence-electron chi connectivity index (χ0n) is 13.0. The maximum atomic E-state index is 12.2. The van der Waals surface area contributed by atoms with E-state index in [2.05, 4.69) is 20.6 Å². The lowest BCUT2D eigenvalue weighted by Gasteiger charge is -2.06. The number of anilines is 3. The normalized spacial score (nSPS) is 10.2. The molecule has 2 heterocycles. The molecule has 0 spiro atoms. The number of pyridine rings is 1. The summed E-state index contributed by atoms with van der Waals surface area (Å²) < 4.78 is 5.37. The van der Waals surface area contributed by atoms with Gasteiger partial charge in [0.25, 0.3) is 5.91 Å². The Labute approximate surface area is 143 Å². The minimum Gasteiger partial charge on any atom is -0.494 e. The molecule has 1 amide bonds. The lowest BCUT2D eigenvalue weighted by molar-refractivity contribution is 0.102. The Balaban J connectivity index is 1.63. The molecule has 0 fully saturated rings. The molecule has 0 saturated carbocycles. The molecule has 2 N–H and O–H groups in total. The van der Waals surface area contributed by atoms with Gasteiger partial charge in [-0.05, 0) is 43.3 Å². The zero-order chi connectivity index (χ0) is 16.8. The first-order chi connectivity index (χ1) is 11.7. The molecule has 0 aliphatic rings. The summed E-state index contributed by atoms with van der Waals surface area (Å²) in [5.41, 5.74) is 1.04. The number of carbonyl (C=O) groups is 1. The van der Waals surface area contributed by atoms with E-state index in [1.165, 1.54) is 11.3 Å². The molecular formula is C17H16N4O2S. The number of hydrogen-bond acceptors (Lipinski definition) is 6. The summed E-state index contributed by atoms with van der Waals surface area (Å²) in [4.78, 5) is 20.7. The molecule has 3 aromatic rings. The maximum Gasteiger partial charge on any atom is 0.275 e. The lowest BCUT2D eigenvalue weighted by Crippen LogP contribution is -2.12. The van der Waals surface area contributed by atoms with Crippen LogP contribution in [0.15, 0.2) is 54.0 Å². The topological polar surface area (TPSA) is 76.1 Å². The van der Waals surface area contributed by atoms with Gasteiger partial charge in [-0.3, -0.25) is 4.79 Å². The minimum atomic E-state index is -0.260. The van der Waals surface area contributed by atoms with Crippen molar-refractivity contribution in [3.63, 3.8) is 0 Å². The molecule has 122 valence electrons. The van der Waals surface area contributed by atoms with Gasteiger partial charge in [-0.15, -0.1) is 11.3 Å². The van der Waals surface area contributed by atoms with Crippen LogP contribution in [0.4, 0.5) is 16.6 Å². The number of carbonyl (C=O) groups excluding carboxylic acids is 1. The van der Waals surface area contributed by atoms with Gasteiger partial charge in [-0.1, -0.05) is 6.07 Å². The maximum absolute atomic E-state index is 12.2. The highest BCUT2D eigenvalue weighted by Crippen LogP contribution is 2.21. The van der Waals surface area contributed by atoms with E-state index in [0.29, 0.717) is 28.9 Å². The standard InChI is InChI=1S/C17H16N4O2S/c1-2-23-13-8-6-12(7-9-13)19-16(22)14-11-24-17(20-14)21-15-5-3-4-10-18-15/h3-11H,2H2,1H3,(H,19,22)(H,18,20,21). The van der Waals surface area contributed by atoms with Crippen molar-refractivity contribution in [2.24, 2.45) is 0 Å². The average molecular weight is 340 g/mol. The third kappa shape index (κ3) is 4.08. The molecule has 0 atom stereocenters. The van der Waals surface area contributed by atoms with Crippen molar-refractivity contribution in [1.29, 1.82) is 0 Å².